The number of aromatic amines is 1. The number of nitrogens with zero attached hydrogens (tertiary/aromatic N) is 2. The molecule has 0 aliphatic carbocycles. The molecule has 1 saturated heterocycles. The Bertz CT molecular complexity index is 904. The molecule has 1 aromatic heterocycles. The van der Waals surface area contributed by atoms with Gasteiger partial charge in [0.15, 0.2) is 0 Å². The standard InChI is InChI=1S/C22H24FN3O2/c23-19-4-1-3-16(11-19)13-26(15-21-5-2-10-28-21)14-18-12-24-25-22(18)17-6-8-20(27)9-7-17/h1,3-4,6-9,11-12,21,27H,2,5,10,13-15H2,(H,24,25). The van der Waals surface area contributed by atoms with E-state index in [2.05, 4.69) is 15.1 Å². The summed E-state index contributed by atoms with van der Waals surface area (Å²) in [4.78, 5) is 2.28. The molecule has 1 unspecified atom stereocenters. The van der Waals surface area contributed by atoms with Crippen molar-refractivity contribution in [3.8, 4) is 17.0 Å². The molecule has 28 heavy (non-hydrogen) atoms. The number of benzene rings is 2. The van der Waals surface area contributed by atoms with Crippen LogP contribution in [-0.4, -0.2) is 39.5 Å². The number of H-pyrrole nitrogens is 1. The van der Waals surface area contributed by atoms with E-state index in [9.17, 15) is 9.50 Å². The third-order valence-electron chi connectivity index (χ3n) is 5.05. The summed E-state index contributed by atoms with van der Waals surface area (Å²) < 4.78 is 19.5. The maximum atomic E-state index is 13.6. The summed E-state index contributed by atoms with van der Waals surface area (Å²) >= 11 is 0. The predicted octanol–water partition coefficient (Wildman–Crippen LogP) is 4.10. The highest BCUT2D eigenvalue weighted by Crippen LogP contribution is 2.25. The highest BCUT2D eigenvalue weighted by molar-refractivity contribution is 5.63. The van der Waals surface area contributed by atoms with Gasteiger partial charge >= 0.3 is 0 Å². The summed E-state index contributed by atoms with van der Waals surface area (Å²) in [5.41, 5.74) is 3.89. The molecule has 2 aromatic carbocycles. The Morgan fingerprint density at radius 1 is 1.18 bits per heavy atom. The number of nitrogens with one attached hydrogen (secondary N) is 1. The zero-order chi connectivity index (χ0) is 19.3. The van der Waals surface area contributed by atoms with E-state index in [4.69, 9.17) is 4.74 Å². The average Bonchev–Trinajstić information content (AvgIpc) is 3.35. The van der Waals surface area contributed by atoms with Crippen LogP contribution in [0.25, 0.3) is 11.3 Å². The van der Waals surface area contributed by atoms with Crippen LogP contribution in [0.2, 0.25) is 0 Å². The van der Waals surface area contributed by atoms with Crippen LogP contribution in [0.4, 0.5) is 4.39 Å². The lowest BCUT2D eigenvalue weighted by atomic mass is 10.1. The van der Waals surface area contributed by atoms with Gasteiger partial charge in [-0.1, -0.05) is 12.1 Å². The van der Waals surface area contributed by atoms with Crippen molar-refractivity contribution in [2.75, 3.05) is 13.2 Å². The monoisotopic (exact) mass is 381 g/mol. The van der Waals surface area contributed by atoms with Crippen LogP contribution < -0.4 is 0 Å². The van der Waals surface area contributed by atoms with Crippen molar-refractivity contribution < 1.29 is 14.2 Å². The Balaban J connectivity index is 1.55. The molecule has 5 nitrogen and oxygen atoms in total. The fraction of sp³-hybridized carbons (Fsp3) is 0.318. The van der Waals surface area contributed by atoms with E-state index in [0.29, 0.717) is 13.1 Å². The van der Waals surface area contributed by atoms with Gasteiger partial charge in [0.2, 0.25) is 0 Å². The van der Waals surface area contributed by atoms with Gasteiger partial charge < -0.3 is 9.84 Å². The Morgan fingerprint density at radius 2 is 2.04 bits per heavy atom. The van der Waals surface area contributed by atoms with Crippen molar-refractivity contribution in [3.63, 3.8) is 0 Å². The normalized spacial score (nSPS) is 16.7. The SMILES string of the molecule is Oc1ccc(-c2[nH]ncc2CN(Cc2cccc(F)c2)CC2CCCO2)cc1. The minimum atomic E-state index is -0.220. The average molecular weight is 381 g/mol. The maximum absolute atomic E-state index is 13.6. The Hall–Kier alpha value is -2.70. The third kappa shape index (κ3) is 4.58. The van der Waals surface area contributed by atoms with E-state index in [0.717, 1.165) is 48.4 Å². The first-order chi connectivity index (χ1) is 13.7. The van der Waals surface area contributed by atoms with Gasteiger partial charge in [-0.15, -0.1) is 0 Å². The minimum absolute atomic E-state index is 0.206. The van der Waals surface area contributed by atoms with Gasteiger partial charge in [-0.05, 0) is 54.8 Å². The molecular formula is C22H24FN3O2. The van der Waals surface area contributed by atoms with E-state index in [1.807, 2.05) is 24.4 Å². The fourth-order valence-corrected chi connectivity index (χ4v) is 3.70. The van der Waals surface area contributed by atoms with E-state index >= 15 is 0 Å². The summed E-state index contributed by atoms with van der Waals surface area (Å²) in [6.07, 6.45) is 4.17. The summed E-state index contributed by atoms with van der Waals surface area (Å²) in [6, 6.07) is 13.8. The fourth-order valence-electron chi connectivity index (χ4n) is 3.70. The molecular weight excluding hydrogens is 357 g/mol. The molecule has 0 radical (unpaired) electrons. The molecule has 2 N–H and O–H groups in total. The van der Waals surface area contributed by atoms with Crippen LogP contribution in [0.15, 0.2) is 54.7 Å². The minimum Gasteiger partial charge on any atom is -0.508 e. The second kappa shape index (κ2) is 8.54. The summed E-state index contributed by atoms with van der Waals surface area (Å²) in [5.74, 6) is 0.0126. The van der Waals surface area contributed by atoms with Crippen LogP contribution in [0, 0.1) is 5.82 Å². The number of aromatic hydroxyl groups is 1. The number of phenolic OH excluding ortho intramolecular Hbond substituents is 1. The zero-order valence-electron chi connectivity index (χ0n) is 15.6. The number of hydrogen-bond acceptors (Lipinski definition) is 4. The van der Waals surface area contributed by atoms with Crippen LogP contribution in [-0.2, 0) is 17.8 Å². The first-order valence-electron chi connectivity index (χ1n) is 9.57. The Labute approximate surface area is 163 Å². The zero-order valence-corrected chi connectivity index (χ0v) is 15.6. The van der Waals surface area contributed by atoms with Crippen LogP contribution in [0.5, 0.6) is 5.75 Å². The second-order valence-corrected chi connectivity index (χ2v) is 7.25. The number of phenols is 1. The molecule has 3 aromatic rings. The van der Waals surface area contributed by atoms with Gasteiger partial charge in [0.05, 0.1) is 18.0 Å². The lowest BCUT2D eigenvalue weighted by Crippen LogP contribution is -2.31. The van der Waals surface area contributed by atoms with Crippen molar-refractivity contribution in [2.45, 2.75) is 32.0 Å². The topological polar surface area (TPSA) is 61.4 Å². The molecule has 0 saturated carbocycles. The number of rotatable bonds is 7. The third-order valence-corrected chi connectivity index (χ3v) is 5.05. The Kier molecular flexibility index (Phi) is 5.69. The van der Waals surface area contributed by atoms with Crippen LogP contribution >= 0.6 is 0 Å². The first kappa shape index (κ1) is 18.7. The smallest absolute Gasteiger partial charge is 0.123 e. The molecule has 1 aliphatic rings. The van der Waals surface area contributed by atoms with E-state index in [-0.39, 0.29) is 17.7 Å². The number of aromatic nitrogens is 2. The first-order valence-corrected chi connectivity index (χ1v) is 9.57. The molecule has 146 valence electrons. The van der Waals surface area contributed by atoms with Crippen LogP contribution in [0.1, 0.15) is 24.0 Å². The molecule has 0 amide bonds. The number of halogens is 1. The van der Waals surface area contributed by atoms with Gasteiger partial charge in [0.1, 0.15) is 11.6 Å². The molecule has 1 fully saturated rings. The molecule has 0 bridgehead atoms. The summed E-state index contributed by atoms with van der Waals surface area (Å²) in [6.45, 7) is 2.90. The van der Waals surface area contributed by atoms with Crippen molar-refractivity contribution >= 4 is 0 Å². The van der Waals surface area contributed by atoms with Crippen molar-refractivity contribution in [2.24, 2.45) is 0 Å². The maximum Gasteiger partial charge on any atom is 0.123 e. The van der Waals surface area contributed by atoms with Gasteiger partial charge in [-0.3, -0.25) is 10.00 Å². The number of ether oxygens (including phenoxy) is 1. The summed E-state index contributed by atoms with van der Waals surface area (Å²) in [7, 11) is 0. The van der Waals surface area contributed by atoms with Crippen molar-refractivity contribution in [3.05, 3.63) is 71.7 Å². The van der Waals surface area contributed by atoms with E-state index < -0.39 is 0 Å². The van der Waals surface area contributed by atoms with Gasteiger partial charge in [-0.2, -0.15) is 5.10 Å². The Morgan fingerprint density at radius 3 is 2.79 bits per heavy atom. The molecule has 0 spiro atoms. The van der Waals surface area contributed by atoms with Crippen LogP contribution in [0.3, 0.4) is 0 Å². The molecule has 2 heterocycles. The predicted molar refractivity (Wildman–Crippen MR) is 105 cm³/mol. The number of hydrogen-bond donors (Lipinski definition) is 2. The lowest BCUT2D eigenvalue weighted by molar-refractivity contribution is 0.0679. The molecule has 4 rings (SSSR count). The molecule has 6 heteroatoms. The summed E-state index contributed by atoms with van der Waals surface area (Å²) in [5, 5.41) is 16.8. The molecule has 1 aliphatic heterocycles. The van der Waals surface area contributed by atoms with E-state index in [1.165, 1.54) is 6.07 Å². The van der Waals surface area contributed by atoms with Gasteiger partial charge in [0, 0.05) is 37.4 Å². The largest absolute Gasteiger partial charge is 0.508 e. The lowest BCUT2D eigenvalue weighted by Gasteiger charge is -2.25. The van der Waals surface area contributed by atoms with Crippen molar-refractivity contribution in [1.29, 1.82) is 0 Å². The van der Waals surface area contributed by atoms with E-state index in [1.54, 1.807) is 24.3 Å². The van der Waals surface area contributed by atoms with Gasteiger partial charge in [0.25, 0.3) is 0 Å². The second-order valence-electron chi connectivity index (χ2n) is 7.25. The highest BCUT2D eigenvalue weighted by Gasteiger charge is 2.21. The van der Waals surface area contributed by atoms with Crippen molar-refractivity contribution in [1.82, 2.24) is 15.1 Å². The van der Waals surface area contributed by atoms with Gasteiger partial charge in [-0.25, -0.2) is 4.39 Å². The highest BCUT2D eigenvalue weighted by atomic mass is 19.1. The quantitative estimate of drug-likeness (QED) is 0.647. The molecule has 1 atom stereocenters.